The molecule has 1 saturated heterocycles. The van der Waals surface area contributed by atoms with Crippen LogP contribution in [-0.2, 0) is 9.53 Å². The van der Waals surface area contributed by atoms with E-state index in [0.717, 1.165) is 22.2 Å². The molecule has 0 atom stereocenters. The summed E-state index contributed by atoms with van der Waals surface area (Å²) in [6, 6.07) is 9.44. The predicted molar refractivity (Wildman–Crippen MR) is 114 cm³/mol. The van der Waals surface area contributed by atoms with Crippen LogP contribution in [0.5, 0.6) is 0 Å². The number of H-pyrrole nitrogens is 1. The number of hydrogen-bond acceptors (Lipinski definition) is 5. The highest BCUT2D eigenvalue weighted by atomic mass is 35.5. The summed E-state index contributed by atoms with van der Waals surface area (Å²) in [5.41, 5.74) is 2.77. The fourth-order valence-electron chi connectivity index (χ4n) is 3.39. The van der Waals surface area contributed by atoms with Crippen molar-refractivity contribution in [3.8, 4) is 11.1 Å². The molecule has 3 aromatic rings. The van der Waals surface area contributed by atoms with Crippen molar-refractivity contribution in [3.05, 3.63) is 41.7 Å². The van der Waals surface area contributed by atoms with Gasteiger partial charge in [-0.25, -0.2) is 4.79 Å². The second-order valence-electron chi connectivity index (χ2n) is 8.13. The molecule has 8 nitrogen and oxygen atoms in total. The number of carbonyl (C=O) groups excluding carboxylic acids is 2. The van der Waals surface area contributed by atoms with Crippen molar-refractivity contribution in [2.24, 2.45) is 0 Å². The molecule has 0 saturated carbocycles. The van der Waals surface area contributed by atoms with E-state index in [1.54, 1.807) is 31.7 Å². The lowest BCUT2D eigenvalue weighted by atomic mass is 10.1. The molecular formula is C21H22ClN5O3. The summed E-state index contributed by atoms with van der Waals surface area (Å²) >= 11 is 5.98. The number of fused-ring (bicyclic) bond motifs is 1. The molecule has 1 aromatic carbocycles. The van der Waals surface area contributed by atoms with Crippen LogP contribution in [0, 0.1) is 0 Å². The topological polar surface area (TPSA) is 91.4 Å². The second kappa shape index (κ2) is 7.60. The van der Waals surface area contributed by atoms with E-state index in [2.05, 4.69) is 15.2 Å². The van der Waals surface area contributed by atoms with Gasteiger partial charge in [-0.15, -0.1) is 10.2 Å². The maximum Gasteiger partial charge on any atom is 0.410 e. The monoisotopic (exact) mass is 427 g/mol. The Morgan fingerprint density at radius 1 is 1.17 bits per heavy atom. The number of halogens is 1. The van der Waals surface area contributed by atoms with E-state index in [-0.39, 0.29) is 12.5 Å². The summed E-state index contributed by atoms with van der Waals surface area (Å²) in [5, 5.41) is 9.08. The number of carbonyl (C=O) groups is 2. The molecule has 1 aliphatic heterocycles. The van der Waals surface area contributed by atoms with Crippen molar-refractivity contribution in [2.45, 2.75) is 26.4 Å². The first-order chi connectivity index (χ1) is 14.2. The molecule has 0 unspecified atom stereocenters. The zero-order valence-corrected chi connectivity index (χ0v) is 17.7. The van der Waals surface area contributed by atoms with Gasteiger partial charge in [0.2, 0.25) is 5.91 Å². The van der Waals surface area contributed by atoms with Crippen LogP contribution in [0.25, 0.3) is 22.2 Å². The fraction of sp³-hybridized carbons (Fsp3) is 0.333. The quantitative estimate of drug-likeness (QED) is 0.670. The number of ether oxygens (including phenoxy) is 1. The fourth-order valence-corrected chi connectivity index (χ4v) is 3.53. The highest BCUT2D eigenvalue weighted by Gasteiger charge is 2.30. The first-order valence-corrected chi connectivity index (χ1v) is 9.98. The number of amides is 2. The van der Waals surface area contributed by atoms with Crippen LogP contribution in [0.15, 0.2) is 36.5 Å². The van der Waals surface area contributed by atoms with Gasteiger partial charge in [-0.3, -0.25) is 9.69 Å². The molecule has 1 aliphatic rings. The van der Waals surface area contributed by atoms with Gasteiger partial charge in [-0.2, -0.15) is 0 Å². The van der Waals surface area contributed by atoms with E-state index in [1.165, 1.54) is 4.90 Å². The maximum atomic E-state index is 12.6. The summed E-state index contributed by atoms with van der Waals surface area (Å²) < 4.78 is 5.36. The van der Waals surface area contributed by atoms with Crippen molar-refractivity contribution in [1.29, 1.82) is 0 Å². The number of piperazine rings is 1. The number of aromatic nitrogens is 3. The summed E-state index contributed by atoms with van der Waals surface area (Å²) in [7, 11) is 0. The van der Waals surface area contributed by atoms with Gasteiger partial charge in [-0.05, 0) is 44.5 Å². The SMILES string of the molecule is CC(C)(C)OC(=O)N1CCN(c2ccc(-c3c[nH]c4nnc(Cl)cc34)cc2)C(=O)C1. The molecule has 3 heterocycles. The van der Waals surface area contributed by atoms with Crippen molar-refractivity contribution in [3.63, 3.8) is 0 Å². The molecule has 2 amide bonds. The molecule has 4 rings (SSSR count). The molecule has 9 heteroatoms. The largest absolute Gasteiger partial charge is 0.444 e. The third-order valence-electron chi connectivity index (χ3n) is 4.77. The third kappa shape index (κ3) is 4.09. The molecule has 30 heavy (non-hydrogen) atoms. The zero-order valence-electron chi connectivity index (χ0n) is 17.0. The first-order valence-electron chi connectivity index (χ1n) is 9.60. The van der Waals surface area contributed by atoms with Crippen LogP contribution >= 0.6 is 11.6 Å². The smallest absolute Gasteiger partial charge is 0.410 e. The third-order valence-corrected chi connectivity index (χ3v) is 4.95. The van der Waals surface area contributed by atoms with Gasteiger partial charge in [-0.1, -0.05) is 23.7 Å². The summed E-state index contributed by atoms with van der Waals surface area (Å²) in [6.07, 6.45) is 1.39. The standard InChI is InChI=1S/C21H22ClN5O3/c1-21(2,3)30-20(29)26-8-9-27(18(28)12-26)14-6-4-13(5-7-14)16-11-23-19-15(16)10-17(22)24-25-19/h4-7,10-11H,8-9,12H2,1-3H3,(H,23,25). The minimum absolute atomic E-state index is 0.00369. The lowest BCUT2D eigenvalue weighted by Gasteiger charge is -2.35. The van der Waals surface area contributed by atoms with Crippen LogP contribution in [-0.4, -0.2) is 57.3 Å². The number of anilines is 1. The Morgan fingerprint density at radius 2 is 1.90 bits per heavy atom. The van der Waals surface area contributed by atoms with E-state index in [0.29, 0.717) is 23.9 Å². The zero-order chi connectivity index (χ0) is 21.5. The Bertz CT molecular complexity index is 1100. The minimum Gasteiger partial charge on any atom is -0.444 e. The van der Waals surface area contributed by atoms with E-state index in [4.69, 9.17) is 16.3 Å². The Hall–Kier alpha value is -3.13. The Morgan fingerprint density at radius 3 is 2.57 bits per heavy atom. The number of benzene rings is 1. The van der Waals surface area contributed by atoms with Crippen LogP contribution in [0.1, 0.15) is 20.8 Å². The number of nitrogens with zero attached hydrogens (tertiary/aromatic N) is 4. The lowest BCUT2D eigenvalue weighted by Crippen LogP contribution is -2.53. The Kier molecular flexibility index (Phi) is 5.11. The van der Waals surface area contributed by atoms with Crippen LogP contribution in [0.2, 0.25) is 5.15 Å². The minimum atomic E-state index is -0.592. The van der Waals surface area contributed by atoms with Crippen LogP contribution in [0.3, 0.4) is 0 Å². The number of hydrogen-bond donors (Lipinski definition) is 1. The Balaban J connectivity index is 1.49. The van der Waals surface area contributed by atoms with Crippen molar-refractivity contribution < 1.29 is 14.3 Å². The van der Waals surface area contributed by atoms with Crippen molar-refractivity contribution in [2.75, 3.05) is 24.5 Å². The molecule has 2 aromatic heterocycles. The van der Waals surface area contributed by atoms with Gasteiger partial charge in [0.05, 0.1) is 0 Å². The molecule has 1 N–H and O–H groups in total. The van der Waals surface area contributed by atoms with Gasteiger partial charge < -0.3 is 14.6 Å². The van der Waals surface area contributed by atoms with Gasteiger partial charge in [0.1, 0.15) is 12.1 Å². The summed E-state index contributed by atoms with van der Waals surface area (Å²) in [6.45, 7) is 6.24. The molecule has 0 aliphatic carbocycles. The van der Waals surface area contributed by atoms with Crippen molar-refractivity contribution in [1.82, 2.24) is 20.1 Å². The normalized spacial score (nSPS) is 15.0. The van der Waals surface area contributed by atoms with Gasteiger partial charge in [0.25, 0.3) is 0 Å². The van der Waals surface area contributed by atoms with E-state index in [9.17, 15) is 9.59 Å². The van der Waals surface area contributed by atoms with Crippen LogP contribution in [0.4, 0.5) is 10.5 Å². The van der Waals surface area contributed by atoms with E-state index < -0.39 is 11.7 Å². The van der Waals surface area contributed by atoms with E-state index in [1.807, 2.05) is 30.5 Å². The van der Waals surface area contributed by atoms with Crippen molar-refractivity contribution >= 4 is 40.3 Å². The Labute approximate surface area is 178 Å². The molecule has 1 fully saturated rings. The highest BCUT2D eigenvalue weighted by molar-refractivity contribution is 6.30. The lowest BCUT2D eigenvalue weighted by molar-refractivity contribution is -0.121. The average Bonchev–Trinajstić information content (AvgIpc) is 3.10. The average molecular weight is 428 g/mol. The molecule has 0 bridgehead atoms. The van der Waals surface area contributed by atoms with Gasteiger partial charge in [0.15, 0.2) is 10.8 Å². The maximum absolute atomic E-state index is 12.6. The summed E-state index contributed by atoms with van der Waals surface area (Å²) in [4.78, 5) is 31.1. The number of aromatic amines is 1. The first kappa shape index (κ1) is 20.2. The van der Waals surface area contributed by atoms with Gasteiger partial charge >= 0.3 is 6.09 Å². The number of rotatable bonds is 2. The molecule has 0 spiro atoms. The predicted octanol–water partition coefficient (Wildman–Crippen LogP) is 3.86. The molecule has 0 radical (unpaired) electrons. The van der Waals surface area contributed by atoms with E-state index >= 15 is 0 Å². The number of nitrogens with one attached hydrogen (secondary N) is 1. The molecule has 156 valence electrons. The van der Waals surface area contributed by atoms with Gasteiger partial charge in [0, 0.05) is 35.9 Å². The summed E-state index contributed by atoms with van der Waals surface area (Å²) in [5.74, 6) is -0.144. The molecular weight excluding hydrogens is 406 g/mol. The highest BCUT2D eigenvalue weighted by Crippen LogP contribution is 2.30. The van der Waals surface area contributed by atoms with Crippen LogP contribution < -0.4 is 4.90 Å². The second-order valence-corrected chi connectivity index (χ2v) is 8.51.